The first kappa shape index (κ1) is 12.7. The summed E-state index contributed by atoms with van der Waals surface area (Å²) in [7, 11) is -3.39. The molecule has 1 aromatic rings. The minimum Gasteiger partial charge on any atom is -0.398 e. The molecule has 2 N–H and O–H groups in total. The number of nitrogen functional groups attached to an aromatic ring is 1. The Labute approximate surface area is 106 Å². The molecule has 17 heavy (non-hydrogen) atoms. The lowest BCUT2D eigenvalue weighted by atomic mass is 10.2. The number of hydrogen-bond donors (Lipinski definition) is 1. The molecule has 0 aromatic heterocycles. The van der Waals surface area contributed by atoms with Crippen molar-refractivity contribution in [3.63, 3.8) is 0 Å². The fourth-order valence-electron chi connectivity index (χ4n) is 1.89. The van der Waals surface area contributed by atoms with Gasteiger partial charge in [0, 0.05) is 11.6 Å². The molecule has 1 aliphatic rings. The molecule has 1 saturated heterocycles. The van der Waals surface area contributed by atoms with Gasteiger partial charge in [0.05, 0.1) is 22.9 Å². The maximum Gasteiger partial charge on any atom is 0.180 e. The second kappa shape index (κ2) is 4.84. The van der Waals surface area contributed by atoms with Gasteiger partial charge in [0.25, 0.3) is 0 Å². The van der Waals surface area contributed by atoms with E-state index in [0.29, 0.717) is 18.2 Å². The zero-order valence-electron chi connectivity index (χ0n) is 9.23. The van der Waals surface area contributed by atoms with Crippen molar-refractivity contribution in [1.82, 2.24) is 0 Å². The van der Waals surface area contributed by atoms with Crippen LogP contribution in [0.4, 0.5) is 5.69 Å². The van der Waals surface area contributed by atoms with Crippen LogP contribution in [0.1, 0.15) is 6.42 Å². The van der Waals surface area contributed by atoms with Crippen LogP contribution in [-0.2, 0) is 14.6 Å². The number of ether oxygens (including phenoxy) is 1. The SMILES string of the molecule is Nc1ccc(Cl)cc1S(=O)(=O)CC1CCOC1. The van der Waals surface area contributed by atoms with Gasteiger partial charge in [0.2, 0.25) is 0 Å². The molecule has 0 radical (unpaired) electrons. The molecule has 4 nitrogen and oxygen atoms in total. The van der Waals surface area contributed by atoms with Crippen LogP contribution in [-0.4, -0.2) is 27.4 Å². The zero-order valence-corrected chi connectivity index (χ0v) is 10.8. The Morgan fingerprint density at radius 2 is 2.24 bits per heavy atom. The van der Waals surface area contributed by atoms with E-state index in [1.807, 2.05) is 0 Å². The maximum absolute atomic E-state index is 12.2. The van der Waals surface area contributed by atoms with Gasteiger partial charge < -0.3 is 10.5 Å². The molecule has 0 bridgehead atoms. The van der Waals surface area contributed by atoms with Crippen molar-refractivity contribution in [2.24, 2.45) is 5.92 Å². The molecule has 1 atom stereocenters. The van der Waals surface area contributed by atoms with Crippen LogP contribution in [0.25, 0.3) is 0 Å². The molecule has 0 aliphatic carbocycles. The van der Waals surface area contributed by atoms with Crippen LogP contribution in [0.3, 0.4) is 0 Å². The van der Waals surface area contributed by atoms with Gasteiger partial charge in [-0.15, -0.1) is 0 Å². The standard InChI is InChI=1S/C11H14ClNO3S/c12-9-1-2-10(13)11(5-9)17(14,15)7-8-3-4-16-6-8/h1-2,5,8H,3-4,6-7,13H2. The number of rotatable bonds is 3. The first-order chi connectivity index (χ1) is 7.99. The molecule has 0 saturated carbocycles. The van der Waals surface area contributed by atoms with Crippen LogP contribution in [0.2, 0.25) is 5.02 Å². The second-order valence-corrected chi connectivity index (χ2v) is 6.63. The highest BCUT2D eigenvalue weighted by molar-refractivity contribution is 7.91. The fourth-order valence-corrected chi connectivity index (χ4v) is 3.93. The molecule has 0 amide bonds. The van der Waals surface area contributed by atoms with Crippen molar-refractivity contribution in [3.05, 3.63) is 23.2 Å². The summed E-state index contributed by atoms with van der Waals surface area (Å²) < 4.78 is 29.5. The van der Waals surface area contributed by atoms with Gasteiger partial charge in [-0.1, -0.05) is 11.6 Å². The van der Waals surface area contributed by atoms with Crippen LogP contribution in [0.5, 0.6) is 0 Å². The molecule has 1 unspecified atom stereocenters. The van der Waals surface area contributed by atoms with Crippen LogP contribution >= 0.6 is 11.6 Å². The number of anilines is 1. The Kier molecular flexibility index (Phi) is 3.61. The summed E-state index contributed by atoms with van der Waals surface area (Å²) in [6.45, 7) is 1.13. The van der Waals surface area contributed by atoms with Crippen molar-refractivity contribution in [1.29, 1.82) is 0 Å². The van der Waals surface area contributed by atoms with Gasteiger partial charge in [-0.05, 0) is 30.5 Å². The third-order valence-electron chi connectivity index (χ3n) is 2.79. The van der Waals surface area contributed by atoms with E-state index in [4.69, 9.17) is 22.1 Å². The molecular formula is C11H14ClNO3S. The first-order valence-electron chi connectivity index (χ1n) is 5.34. The van der Waals surface area contributed by atoms with E-state index < -0.39 is 9.84 Å². The van der Waals surface area contributed by atoms with Crippen molar-refractivity contribution in [2.75, 3.05) is 24.7 Å². The van der Waals surface area contributed by atoms with Crippen LogP contribution < -0.4 is 5.73 Å². The summed E-state index contributed by atoms with van der Waals surface area (Å²) in [5, 5.41) is 0.375. The summed E-state index contributed by atoms with van der Waals surface area (Å²) in [5.74, 6) is 0.121. The molecule has 1 aliphatic heterocycles. The monoisotopic (exact) mass is 275 g/mol. The van der Waals surface area contributed by atoms with Gasteiger partial charge in [-0.25, -0.2) is 8.42 Å². The van der Waals surface area contributed by atoms with Crippen molar-refractivity contribution >= 4 is 27.1 Å². The second-order valence-electron chi connectivity index (χ2n) is 4.19. The lowest BCUT2D eigenvalue weighted by Crippen LogP contribution is -2.17. The van der Waals surface area contributed by atoms with E-state index in [2.05, 4.69) is 0 Å². The Hall–Kier alpha value is -0.780. The van der Waals surface area contributed by atoms with Crippen molar-refractivity contribution < 1.29 is 13.2 Å². The van der Waals surface area contributed by atoms with E-state index in [-0.39, 0.29) is 22.3 Å². The Bertz CT molecular complexity index is 509. The van der Waals surface area contributed by atoms with E-state index in [1.165, 1.54) is 12.1 Å². The average molecular weight is 276 g/mol. The molecular weight excluding hydrogens is 262 g/mol. The Balaban J connectivity index is 2.27. The Morgan fingerprint density at radius 3 is 2.88 bits per heavy atom. The highest BCUT2D eigenvalue weighted by Gasteiger charge is 2.26. The normalized spacial score (nSPS) is 20.6. The molecule has 94 valence electrons. The molecule has 1 fully saturated rings. The number of sulfone groups is 1. The third-order valence-corrected chi connectivity index (χ3v) is 4.96. The van der Waals surface area contributed by atoms with Crippen LogP contribution in [0, 0.1) is 5.92 Å². The van der Waals surface area contributed by atoms with E-state index in [9.17, 15) is 8.42 Å². The topological polar surface area (TPSA) is 69.4 Å². The third kappa shape index (κ3) is 2.91. The summed E-state index contributed by atoms with van der Waals surface area (Å²) in [4.78, 5) is 0.122. The van der Waals surface area contributed by atoms with Gasteiger partial charge in [-0.2, -0.15) is 0 Å². The van der Waals surface area contributed by atoms with E-state index in [1.54, 1.807) is 6.07 Å². The maximum atomic E-state index is 12.2. The van der Waals surface area contributed by atoms with Gasteiger partial charge in [-0.3, -0.25) is 0 Å². The van der Waals surface area contributed by atoms with Gasteiger partial charge >= 0.3 is 0 Å². The largest absolute Gasteiger partial charge is 0.398 e. The highest BCUT2D eigenvalue weighted by Crippen LogP contribution is 2.26. The summed E-state index contributed by atoms with van der Waals surface area (Å²) in [5.41, 5.74) is 5.92. The number of hydrogen-bond acceptors (Lipinski definition) is 4. The first-order valence-corrected chi connectivity index (χ1v) is 7.37. The minimum atomic E-state index is -3.39. The summed E-state index contributed by atoms with van der Waals surface area (Å²) in [6, 6.07) is 4.50. The number of halogens is 1. The van der Waals surface area contributed by atoms with Gasteiger partial charge in [0.1, 0.15) is 0 Å². The lowest BCUT2D eigenvalue weighted by molar-refractivity contribution is 0.188. The molecule has 1 heterocycles. The number of nitrogens with two attached hydrogens (primary N) is 1. The van der Waals surface area contributed by atoms with E-state index in [0.717, 1.165) is 6.42 Å². The molecule has 0 spiro atoms. The van der Waals surface area contributed by atoms with Crippen molar-refractivity contribution in [2.45, 2.75) is 11.3 Å². The molecule has 2 rings (SSSR count). The number of benzene rings is 1. The van der Waals surface area contributed by atoms with Crippen molar-refractivity contribution in [3.8, 4) is 0 Å². The predicted octanol–water partition coefficient (Wildman–Crippen LogP) is 1.73. The molecule has 6 heteroatoms. The van der Waals surface area contributed by atoms with E-state index >= 15 is 0 Å². The van der Waals surface area contributed by atoms with Gasteiger partial charge in [0.15, 0.2) is 9.84 Å². The van der Waals surface area contributed by atoms with Crippen LogP contribution in [0.15, 0.2) is 23.1 Å². The summed E-state index contributed by atoms with van der Waals surface area (Å²) in [6.07, 6.45) is 0.777. The summed E-state index contributed by atoms with van der Waals surface area (Å²) >= 11 is 5.79. The highest BCUT2D eigenvalue weighted by atomic mass is 35.5. The lowest BCUT2D eigenvalue weighted by Gasteiger charge is -2.11. The smallest absolute Gasteiger partial charge is 0.180 e. The predicted molar refractivity (Wildman–Crippen MR) is 66.8 cm³/mol. The molecule has 1 aromatic carbocycles. The Morgan fingerprint density at radius 1 is 1.47 bits per heavy atom. The fraction of sp³-hybridized carbons (Fsp3) is 0.455. The zero-order chi connectivity index (χ0) is 12.5. The average Bonchev–Trinajstić information content (AvgIpc) is 2.73. The quantitative estimate of drug-likeness (QED) is 0.853. The minimum absolute atomic E-state index is 0.0541.